The maximum atomic E-state index is 12.6. The lowest BCUT2D eigenvalue weighted by Gasteiger charge is -2.36. The van der Waals surface area contributed by atoms with Crippen LogP contribution in [-0.2, 0) is 19.6 Å². The van der Waals surface area contributed by atoms with Crippen molar-refractivity contribution in [3.63, 3.8) is 0 Å². The minimum atomic E-state index is -3.67. The normalized spacial score (nSPS) is 25.8. The monoisotopic (exact) mass is 424 g/mol. The Balaban J connectivity index is 1.48. The molecule has 0 unspecified atom stereocenters. The Kier molecular flexibility index (Phi) is 7.67. The lowest BCUT2D eigenvalue weighted by atomic mass is 9.98. The Hall–Kier alpha value is -1.48. The Labute approximate surface area is 173 Å². The number of benzene rings is 1. The van der Waals surface area contributed by atoms with E-state index in [1.165, 1.54) is 0 Å². The quantitative estimate of drug-likeness (QED) is 0.591. The fraction of sp³-hybridized carbons (Fsp3) is 0.667. The summed E-state index contributed by atoms with van der Waals surface area (Å²) in [6, 6.07) is 6.18. The molecule has 1 aromatic carbocycles. The third kappa shape index (κ3) is 6.01. The molecule has 1 heterocycles. The fourth-order valence-corrected chi connectivity index (χ4v) is 5.45. The molecule has 0 bridgehead atoms. The summed E-state index contributed by atoms with van der Waals surface area (Å²) < 4.78 is 33.9. The molecule has 1 aliphatic heterocycles. The van der Waals surface area contributed by atoms with Crippen LogP contribution in [0.1, 0.15) is 50.5 Å². The van der Waals surface area contributed by atoms with Crippen LogP contribution in [0, 0.1) is 12.8 Å². The molecular weight excluding hydrogens is 392 g/mol. The standard InChI is InChI=1S/C21H32N2O5S/c1-15-6-9-18(10-7-15)29(26,27)23-19-11-8-17(28-20(19)14-24)12-13-22-21(25)16-4-2-3-5-16/h6-7,9-10,16-17,19-20,23-24H,2-5,8,11-14H2,1H3,(H,22,25)/t17-,19-,20+/m1/s1. The van der Waals surface area contributed by atoms with E-state index in [-0.39, 0.29) is 29.4 Å². The zero-order valence-electron chi connectivity index (χ0n) is 17.0. The molecule has 1 amide bonds. The number of aliphatic hydroxyl groups excluding tert-OH is 1. The smallest absolute Gasteiger partial charge is 0.240 e. The number of sulfonamides is 1. The van der Waals surface area contributed by atoms with Gasteiger partial charge in [-0.3, -0.25) is 4.79 Å². The van der Waals surface area contributed by atoms with E-state index in [0.29, 0.717) is 25.8 Å². The third-order valence-electron chi connectivity index (χ3n) is 5.92. The van der Waals surface area contributed by atoms with Gasteiger partial charge in [0.15, 0.2) is 0 Å². The van der Waals surface area contributed by atoms with Crippen molar-refractivity contribution in [1.29, 1.82) is 0 Å². The van der Waals surface area contributed by atoms with Crippen LogP contribution in [0.15, 0.2) is 29.2 Å². The molecule has 1 aliphatic carbocycles. The van der Waals surface area contributed by atoms with Crippen LogP contribution < -0.4 is 10.0 Å². The first kappa shape index (κ1) is 22.2. The van der Waals surface area contributed by atoms with Crippen molar-refractivity contribution in [2.45, 2.75) is 75.0 Å². The van der Waals surface area contributed by atoms with Crippen LogP contribution in [0.3, 0.4) is 0 Å². The first-order valence-corrected chi connectivity index (χ1v) is 12.0. The predicted octanol–water partition coefficient (Wildman–Crippen LogP) is 1.88. The summed E-state index contributed by atoms with van der Waals surface area (Å²) in [4.78, 5) is 12.3. The van der Waals surface area contributed by atoms with E-state index >= 15 is 0 Å². The minimum Gasteiger partial charge on any atom is -0.394 e. The summed E-state index contributed by atoms with van der Waals surface area (Å²) in [7, 11) is -3.67. The molecule has 3 atom stereocenters. The zero-order valence-corrected chi connectivity index (χ0v) is 17.8. The number of aryl methyl sites for hydroxylation is 1. The average Bonchev–Trinajstić information content (AvgIpc) is 3.24. The van der Waals surface area contributed by atoms with Crippen molar-refractivity contribution in [2.24, 2.45) is 5.92 Å². The van der Waals surface area contributed by atoms with E-state index in [0.717, 1.165) is 31.2 Å². The Bertz CT molecular complexity index is 775. The molecule has 8 heteroatoms. The van der Waals surface area contributed by atoms with Gasteiger partial charge in [-0.05, 0) is 51.2 Å². The second kappa shape index (κ2) is 10.0. The molecule has 2 fully saturated rings. The van der Waals surface area contributed by atoms with E-state index in [2.05, 4.69) is 10.0 Å². The van der Waals surface area contributed by atoms with Crippen molar-refractivity contribution >= 4 is 15.9 Å². The topological polar surface area (TPSA) is 105 Å². The highest BCUT2D eigenvalue weighted by Gasteiger charge is 2.34. The van der Waals surface area contributed by atoms with E-state index < -0.39 is 22.2 Å². The van der Waals surface area contributed by atoms with Gasteiger partial charge < -0.3 is 15.2 Å². The highest BCUT2D eigenvalue weighted by atomic mass is 32.2. The SMILES string of the molecule is Cc1ccc(S(=O)(=O)N[C@@H]2CC[C@H](CCNC(=O)C3CCCC3)O[C@H]2CO)cc1. The van der Waals surface area contributed by atoms with Crippen LogP contribution in [-0.4, -0.2) is 50.8 Å². The van der Waals surface area contributed by atoms with Crippen molar-refractivity contribution in [2.75, 3.05) is 13.2 Å². The first-order chi connectivity index (χ1) is 13.9. The van der Waals surface area contributed by atoms with Gasteiger partial charge in [-0.25, -0.2) is 13.1 Å². The first-order valence-electron chi connectivity index (χ1n) is 10.5. The maximum absolute atomic E-state index is 12.6. The summed E-state index contributed by atoms with van der Waals surface area (Å²) >= 11 is 0. The summed E-state index contributed by atoms with van der Waals surface area (Å²) in [5.41, 5.74) is 0.987. The lowest BCUT2D eigenvalue weighted by molar-refractivity contribution is -0.125. The number of carbonyl (C=O) groups is 1. The second-order valence-electron chi connectivity index (χ2n) is 8.16. The number of hydrogen-bond acceptors (Lipinski definition) is 5. The number of nitrogens with one attached hydrogen (secondary N) is 2. The van der Waals surface area contributed by atoms with Gasteiger partial charge in [-0.15, -0.1) is 0 Å². The van der Waals surface area contributed by atoms with Gasteiger partial charge >= 0.3 is 0 Å². The number of ether oxygens (including phenoxy) is 1. The summed E-state index contributed by atoms with van der Waals surface area (Å²) in [6.45, 7) is 2.18. The molecule has 1 aromatic rings. The van der Waals surface area contributed by atoms with Gasteiger partial charge in [0.25, 0.3) is 0 Å². The summed E-state index contributed by atoms with van der Waals surface area (Å²) in [5, 5.41) is 12.7. The maximum Gasteiger partial charge on any atom is 0.240 e. The van der Waals surface area contributed by atoms with Crippen LogP contribution in [0.4, 0.5) is 0 Å². The molecule has 1 saturated heterocycles. The van der Waals surface area contributed by atoms with Gasteiger partial charge in [0.05, 0.1) is 29.8 Å². The van der Waals surface area contributed by atoms with Crippen LogP contribution in [0.5, 0.6) is 0 Å². The largest absolute Gasteiger partial charge is 0.394 e. The van der Waals surface area contributed by atoms with Crippen LogP contribution in [0.25, 0.3) is 0 Å². The molecule has 7 nitrogen and oxygen atoms in total. The molecule has 1 saturated carbocycles. The predicted molar refractivity (Wildman–Crippen MR) is 110 cm³/mol. The van der Waals surface area contributed by atoms with Gasteiger partial charge in [-0.1, -0.05) is 30.5 Å². The number of hydrogen-bond donors (Lipinski definition) is 3. The van der Waals surface area contributed by atoms with Gasteiger partial charge in [-0.2, -0.15) is 0 Å². The molecular formula is C21H32N2O5S. The number of rotatable bonds is 8. The molecule has 29 heavy (non-hydrogen) atoms. The highest BCUT2D eigenvalue weighted by Crippen LogP contribution is 2.25. The zero-order chi connectivity index (χ0) is 20.9. The van der Waals surface area contributed by atoms with Crippen molar-refractivity contribution in [1.82, 2.24) is 10.0 Å². The van der Waals surface area contributed by atoms with Gasteiger partial charge in [0.1, 0.15) is 0 Å². The summed E-state index contributed by atoms with van der Waals surface area (Å²) in [6.07, 6.45) is 5.42. The molecule has 2 aliphatic rings. The molecule has 0 spiro atoms. The van der Waals surface area contributed by atoms with Crippen LogP contribution >= 0.6 is 0 Å². The third-order valence-corrected chi connectivity index (χ3v) is 7.43. The van der Waals surface area contributed by atoms with E-state index in [1.54, 1.807) is 24.3 Å². The van der Waals surface area contributed by atoms with Gasteiger partial charge in [0, 0.05) is 12.5 Å². The van der Waals surface area contributed by atoms with E-state index in [1.807, 2.05) is 6.92 Å². The van der Waals surface area contributed by atoms with Crippen molar-refractivity contribution in [3.05, 3.63) is 29.8 Å². The molecule has 3 rings (SSSR count). The fourth-order valence-electron chi connectivity index (χ4n) is 4.15. The molecule has 3 N–H and O–H groups in total. The number of carbonyl (C=O) groups excluding carboxylic acids is 1. The lowest BCUT2D eigenvalue weighted by Crippen LogP contribution is -2.51. The second-order valence-corrected chi connectivity index (χ2v) is 9.87. The molecule has 0 aromatic heterocycles. The van der Waals surface area contributed by atoms with Crippen molar-refractivity contribution in [3.8, 4) is 0 Å². The summed E-state index contributed by atoms with van der Waals surface area (Å²) in [5.74, 6) is 0.272. The molecule has 162 valence electrons. The number of amides is 1. The van der Waals surface area contributed by atoms with E-state index in [9.17, 15) is 18.3 Å². The Morgan fingerprint density at radius 3 is 2.48 bits per heavy atom. The minimum absolute atomic E-state index is 0.101. The Morgan fingerprint density at radius 2 is 1.83 bits per heavy atom. The van der Waals surface area contributed by atoms with Crippen molar-refractivity contribution < 1.29 is 23.1 Å². The van der Waals surface area contributed by atoms with Crippen LogP contribution in [0.2, 0.25) is 0 Å². The number of aliphatic hydroxyl groups is 1. The molecule has 0 radical (unpaired) electrons. The van der Waals surface area contributed by atoms with Gasteiger partial charge in [0.2, 0.25) is 15.9 Å². The Morgan fingerprint density at radius 1 is 1.14 bits per heavy atom. The van der Waals surface area contributed by atoms with E-state index in [4.69, 9.17) is 4.74 Å². The highest BCUT2D eigenvalue weighted by molar-refractivity contribution is 7.89. The average molecular weight is 425 g/mol.